The van der Waals surface area contributed by atoms with E-state index in [4.69, 9.17) is 4.74 Å². The maximum atomic E-state index is 12.6. The molecule has 0 bridgehead atoms. The predicted molar refractivity (Wildman–Crippen MR) is 78.8 cm³/mol. The van der Waals surface area contributed by atoms with Gasteiger partial charge in [-0.15, -0.1) is 0 Å². The van der Waals surface area contributed by atoms with Crippen molar-refractivity contribution in [3.63, 3.8) is 0 Å². The molecule has 4 heteroatoms. The minimum Gasteiger partial charge on any atom is -0.383 e. The molecular weight excluding hydrogens is 240 g/mol. The molecule has 19 heavy (non-hydrogen) atoms. The number of hydrogen-bond acceptors (Lipinski definition) is 3. The maximum Gasteiger partial charge on any atom is 0.255 e. The molecule has 1 heterocycles. The number of rotatable bonds is 7. The summed E-state index contributed by atoms with van der Waals surface area (Å²) in [6.07, 6.45) is 0.959. The van der Waals surface area contributed by atoms with Crippen molar-refractivity contribution in [3.8, 4) is 0 Å². The van der Waals surface area contributed by atoms with Gasteiger partial charge in [0.05, 0.1) is 6.61 Å². The molecule has 0 spiro atoms. The van der Waals surface area contributed by atoms with Crippen LogP contribution >= 0.6 is 0 Å². The lowest BCUT2D eigenvalue weighted by Crippen LogP contribution is -2.32. The highest BCUT2D eigenvalue weighted by Crippen LogP contribution is 2.13. The van der Waals surface area contributed by atoms with Gasteiger partial charge in [-0.1, -0.05) is 6.92 Å². The quantitative estimate of drug-likeness (QED) is 0.769. The van der Waals surface area contributed by atoms with Crippen LogP contribution < -0.4 is 10.9 Å². The Kier molecular flexibility index (Phi) is 6.25. The molecule has 0 saturated heterocycles. The van der Waals surface area contributed by atoms with Crippen molar-refractivity contribution in [2.45, 2.75) is 46.7 Å². The second kappa shape index (κ2) is 7.46. The predicted octanol–water partition coefficient (Wildman–Crippen LogP) is 2.17. The molecule has 0 radical (unpaired) electrons. The molecule has 1 N–H and O–H groups in total. The number of hydrogen-bond donors (Lipinski definition) is 1. The van der Waals surface area contributed by atoms with Crippen LogP contribution in [0, 0.1) is 13.8 Å². The number of methoxy groups -OCH3 is 1. The van der Waals surface area contributed by atoms with Crippen molar-refractivity contribution in [1.29, 1.82) is 0 Å². The fourth-order valence-electron chi connectivity index (χ4n) is 2.28. The Morgan fingerprint density at radius 3 is 2.68 bits per heavy atom. The molecule has 1 rings (SSSR count). The summed E-state index contributed by atoms with van der Waals surface area (Å²) in [6.45, 7) is 10.2. The maximum absolute atomic E-state index is 12.6. The van der Waals surface area contributed by atoms with Gasteiger partial charge in [-0.25, -0.2) is 0 Å². The zero-order valence-electron chi connectivity index (χ0n) is 12.7. The number of nitrogens with zero attached hydrogens (tertiary/aromatic N) is 1. The molecule has 1 atom stereocenters. The van der Waals surface area contributed by atoms with Crippen LogP contribution in [0.3, 0.4) is 0 Å². The smallest absolute Gasteiger partial charge is 0.255 e. The number of nitrogens with one attached hydrogen (secondary N) is 1. The summed E-state index contributed by atoms with van der Waals surface area (Å²) in [5.41, 5.74) is 3.10. The Bertz CT molecular complexity index is 466. The van der Waals surface area contributed by atoms with E-state index in [1.54, 1.807) is 7.11 Å². The number of aryl methyl sites for hydroxylation is 2. The molecular formula is C15H26N2O2. The van der Waals surface area contributed by atoms with Crippen LogP contribution in [0.2, 0.25) is 0 Å². The Hall–Kier alpha value is -1.13. The van der Waals surface area contributed by atoms with E-state index < -0.39 is 0 Å². The van der Waals surface area contributed by atoms with Gasteiger partial charge in [0, 0.05) is 37.5 Å². The van der Waals surface area contributed by atoms with E-state index in [0.29, 0.717) is 13.2 Å². The van der Waals surface area contributed by atoms with Crippen LogP contribution in [-0.2, 0) is 11.3 Å². The van der Waals surface area contributed by atoms with Gasteiger partial charge in [-0.05, 0) is 38.8 Å². The van der Waals surface area contributed by atoms with Crippen LogP contribution in [0.4, 0.5) is 0 Å². The largest absolute Gasteiger partial charge is 0.383 e. The first kappa shape index (κ1) is 15.9. The second-order valence-electron chi connectivity index (χ2n) is 5.05. The summed E-state index contributed by atoms with van der Waals surface area (Å²) >= 11 is 0. The minimum absolute atomic E-state index is 0.136. The van der Waals surface area contributed by atoms with Gasteiger partial charge in [0.15, 0.2) is 0 Å². The van der Waals surface area contributed by atoms with Gasteiger partial charge >= 0.3 is 0 Å². The third kappa shape index (κ3) is 3.91. The van der Waals surface area contributed by atoms with E-state index in [9.17, 15) is 4.79 Å². The fraction of sp³-hybridized carbons (Fsp3) is 0.667. The van der Waals surface area contributed by atoms with Crippen molar-refractivity contribution < 1.29 is 4.74 Å². The summed E-state index contributed by atoms with van der Waals surface area (Å²) in [5.74, 6) is 0. The van der Waals surface area contributed by atoms with E-state index in [1.165, 1.54) is 0 Å². The minimum atomic E-state index is 0.136. The molecule has 0 fully saturated rings. The van der Waals surface area contributed by atoms with E-state index in [1.807, 2.05) is 18.4 Å². The summed E-state index contributed by atoms with van der Waals surface area (Å²) in [5, 5.41) is 3.25. The number of ether oxygens (including phenoxy) is 1. The number of aromatic nitrogens is 1. The van der Waals surface area contributed by atoms with Crippen molar-refractivity contribution in [2.75, 3.05) is 20.3 Å². The Balaban J connectivity index is 3.01. The summed E-state index contributed by atoms with van der Waals surface area (Å²) in [7, 11) is 1.68. The van der Waals surface area contributed by atoms with Crippen LogP contribution in [0.15, 0.2) is 10.9 Å². The SMILES string of the molecule is CCC(C)n1c(C)cc(C)c(CNCCOC)c1=O. The van der Waals surface area contributed by atoms with Crippen molar-refractivity contribution in [3.05, 3.63) is 33.2 Å². The molecule has 0 aliphatic carbocycles. The molecule has 108 valence electrons. The molecule has 0 amide bonds. The van der Waals surface area contributed by atoms with Gasteiger partial charge in [0.1, 0.15) is 0 Å². The highest BCUT2D eigenvalue weighted by atomic mass is 16.5. The van der Waals surface area contributed by atoms with Crippen molar-refractivity contribution in [1.82, 2.24) is 9.88 Å². The zero-order chi connectivity index (χ0) is 14.4. The Labute approximate surface area is 115 Å². The van der Waals surface area contributed by atoms with Crippen LogP contribution in [0.25, 0.3) is 0 Å². The van der Waals surface area contributed by atoms with Crippen LogP contribution in [0.5, 0.6) is 0 Å². The van der Waals surface area contributed by atoms with Gasteiger partial charge < -0.3 is 14.6 Å². The molecule has 1 unspecified atom stereocenters. The molecule has 0 aromatic carbocycles. The highest BCUT2D eigenvalue weighted by molar-refractivity contribution is 5.26. The first-order valence-corrected chi connectivity index (χ1v) is 6.94. The summed E-state index contributed by atoms with van der Waals surface area (Å²) in [4.78, 5) is 12.6. The molecule has 1 aromatic heterocycles. The Morgan fingerprint density at radius 1 is 1.42 bits per heavy atom. The highest BCUT2D eigenvalue weighted by Gasteiger charge is 2.13. The van der Waals surface area contributed by atoms with E-state index in [2.05, 4.69) is 25.2 Å². The third-order valence-corrected chi connectivity index (χ3v) is 3.57. The standard InChI is InChI=1S/C15H26N2O2/c1-6-12(3)17-13(4)9-11(2)14(15(17)18)10-16-7-8-19-5/h9,12,16H,6-8,10H2,1-5H3. The lowest BCUT2D eigenvalue weighted by atomic mass is 10.1. The van der Waals surface area contributed by atoms with Gasteiger partial charge in [0.25, 0.3) is 5.56 Å². The molecule has 4 nitrogen and oxygen atoms in total. The van der Waals surface area contributed by atoms with Crippen LogP contribution in [0.1, 0.15) is 43.1 Å². The third-order valence-electron chi connectivity index (χ3n) is 3.57. The normalized spacial score (nSPS) is 12.7. The summed E-state index contributed by atoms with van der Waals surface area (Å²) in [6, 6.07) is 2.34. The van der Waals surface area contributed by atoms with Gasteiger partial charge in [0.2, 0.25) is 0 Å². The van der Waals surface area contributed by atoms with E-state index >= 15 is 0 Å². The first-order valence-electron chi connectivity index (χ1n) is 6.94. The monoisotopic (exact) mass is 266 g/mol. The number of pyridine rings is 1. The zero-order valence-corrected chi connectivity index (χ0v) is 12.7. The van der Waals surface area contributed by atoms with E-state index in [0.717, 1.165) is 29.8 Å². The van der Waals surface area contributed by atoms with Crippen LogP contribution in [-0.4, -0.2) is 24.8 Å². The summed E-state index contributed by atoms with van der Waals surface area (Å²) < 4.78 is 6.90. The van der Waals surface area contributed by atoms with Crippen molar-refractivity contribution in [2.24, 2.45) is 0 Å². The average molecular weight is 266 g/mol. The lowest BCUT2D eigenvalue weighted by Gasteiger charge is -2.19. The molecule has 1 aromatic rings. The Morgan fingerprint density at radius 2 is 2.11 bits per heavy atom. The molecule has 0 aliphatic heterocycles. The second-order valence-corrected chi connectivity index (χ2v) is 5.05. The fourth-order valence-corrected chi connectivity index (χ4v) is 2.28. The lowest BCUT2D eigenvalue weighted by molar-refractivity contribution is 0.199. The topological polar surface area (TPSA) is 43.3 Å². The molecule has 0 saturated carbocycles. The van der Waals surface area contributed by atoms with Gasteiger partial charge in [-0.3, -0.25) is 4.79 Å². The van der Waals surface area contributed by atoms with Crippen molar-refractivity contribution >= 4 is 0 Å². The molecule has 0 aliphatic rings. The first-order chi connectivity index (χ1) is 9.02. The average Bonchev–Trinajstić information content (AvgIpc) is 2.37. The van der Waals surface area contributed by atoms with Gasteiger partial charge in [-0.2, -0.15) is 0 Å². The van der Waals surface area contributed by atoms with E-state index in [-0.39, 0.29) is 11.6 Å².